The van der Waals surface area contributed by atoms with Crippen molar-refractivity contribution >= 4 is 11.8 Å². The van der Waals surface area contributed by atoms with Crippen LogP contribution in [0.15, 0.2) is 23.6 Å². The van der Waals surface area contributed by atoms with Gasteiger partial charge in [-0.3, -0.25) is 0 Å². The van der Waals surface area contributed by atoms with Crippen molar-refractivity contribution in [2.24, 2.45) is 0 Å². The molecule has 0 aliphatic carbocycles. The molecule has 1 aromatic heterocycles. The largest absolute Gasteiger partial charge is 0.315 e. The molecule has 0 aliphatic heterocycles. The molecule has 1 heterocycles. The predicted molar refractivity (Wildman–Crippen MR) is 64.2 cm³/mol. The molecular formula is C10H18N4S. The molecule has 4 nitrogen and oxygen atoms in total. The highest BCUT2D eigenvalue weighted by Gasteiger charge is 1.94. The Morgan fingerprint density at radius 2 is 2.27 bits per heavy atom. The Kier molecular flexibility index (Phi) is 6.31. The lowest BCUT2D eigenvalue weighted by Gasteiger charge is -2.09. The first-order valence-electron chi connectivity index (χ1n) is 5.03. The van der Waals surface area contributed by atoms with E-state index in [-0.39, 0.29) is 0 Å². The van der Waals surface area contributed by atoms with Crippen LogP contribution in [0.5, 0.6) is 0 Å². The summed E-state index contributed by atoms with van der Waals surface area (Å²) in [6, 6.07) is 1.94. The van der Waals surface area contributed by atoms with Crippen molar-refractivity contribution in [1.82, 2.24) is 20.2 Å². The van der Waals surface area contributed by atoms with E-state index < -0.39 is 0 Å². The third kappa shape index (κ3) is 6.43. The summed E-state index contributed by atoms with van der Waals surface area (Å²) in [4.78, 5) is 10.2. The van der Waals surface area contributed by atoms with Gasteiger partial charge in [0.2, 0.25) is 0 Å². The van der Waals surface area contributed by atoms with Crippen LogP contribution in [0.3, 0.4) is 0 Å². The van der Waals surface area contributed by atoms with Gasteiger partial charge in [0, 0.05) is 31.6 Å². The lowest BCUT2D eigenvalue weighted by atomic mass is 10.5. The Morgan fingerprint density at radius 1 is 1.40 bits per heavy atom. The Morgan fingerprint density at radius 3 is 2.93 bits per heavy atom. The lowest BCUT2D eigenvalue weighted by Crippen LogP contribution is -2.27. The maximum absolute atomic E-state index is 4.14. The van der Waals surface area contributed by atoms with Crippen molar-refractivity contribution in [1.29, 1.82) is 0 Å². The summed E-state index contributed by atoms with van der Waals surface area (Å²) >= 11 is 1.75. The summed E-state index contributed by atoms with van der Waals surface area (Å²) in [6.45, 7) is 3.14. The smallest absolute Gasteiger partial charge is 0.116 e. The summed E-state index contributed by atoms with van der Waals surface area (Å²) in [7, 11) is 4.16. The second kappa shape index (κ2) is 7.62. The molecule has 0 amide bonds. The molecule has 5 heteroatoms. The normalized spacial score (nSPS) is 10.9. The minimum absolute atomic E-state index is 1.02. The van der Waals surface area contributed by atoms with Gasteiger partial charge in [-0.25, -0.2) is 9.97 Å². The molecule has 1 aromatic rings. The summed E-state index contributed by atoms with van der Waals surface area (Å²) in [6.07, 6.45) is 3.36. The van der Waals surface area contributed by atoms with E-state index in [1.807, 2.05) is 6.07 Å². The minimum Gasteiger partial charge on any atom is -0.315 e. The summed E-state index contributed by atoms with van der Waals surface area (Å²) in [5.74, 6) is 1.05. The Hall–Kier alpha value is -0.650. The zero-order valence-corrected chi connectivity index (χ0v) is 10.1. The van der Waals surface area contributed by atoms with Gasteiger partial charge in [0.1, 0.15) is 6.33 Å². The molecule has 84 valence electrons. The van der Waals surface area contributed by atoms with Gasteiger partial charge in [0.15, 0.2) is 0 Å². The lowest BCUT2D eigenvalue weighted by molar-refractivity contribution is 0.403. The summed E-state index contributed by atoms with van der Waals surface area (Å²) in [5, 5.41) is 4.42. The van der Waals surface area contributed by atoms with Crippen LogP contribution in [0.25, 0.3) is 0 Å². The molecule has 0 aliphatic rings. The van der Waals surface area contributed by atoms with Crippen LogP contribution in [0.1, 0.15) is 0 Å². The average molecular weight is 226 g/mol. The number of likely N-dealkylation sites (N-methyl/N-ethyl adjacent to an activating group) is 1. The average Bonchev–Trinajstić information content (AvgIpc) is 2.24. The van der Waals surface area contributed by atoms with Crippen LogP contribution in [0, 0.1) is 0 Å². The molecule has 0 radical (unpaired) electrons. The third-order valence-corrected chi connectivity index (χ3v) is 2.76. The van der Waals surface area contributed by atoms with Gasteiger partial charge < -0.3 is 10.2 Å². The molecule has 0 aromatic carbocycles. The fourth-order valence-corrected chi connectivity index (χ4v) is 1.75. The molecule has 0 saturated carbocycles. The maximum atomic E-state index is 4.14. The van der Waals surface area contributed by atoms with Crippen LogP contribution < -0.4 is 5.32 Å². The van der Waals surface area contributed by atoms with E-state index in [4.69, 9.17) is 0 Å². The first kappa shape index (κ1) is 12.4. The highest BCUT2D eigenvalue weighted by atomic mass is 32.2. The topological polar surface area (TPSA) is 41.0 Å². The van der Waals surface area contributed by atoms with Crippen molar-refractivity contribution in [3.63, 3.8) is 0 Å². The first-order chi connectivity index (χ1) is 7.29. The van der Waals surface area contributed by atoms with E-state index in [1.54, 1.807) is 24.3 Å². The Bertz CT molecular complexity index is 253. The molecule has 0 unspecified atom stereocenters. The van der Waals surface area contributed by atoms with Crippen LogP contribution in [0.4, 0.5) is 0 Å². The minimum atomic E-state index is 1.02. The zero-order valence-electron chi connectivity index (χ0n) is 9.31. The fourth-order valence-electron chi connectivity index (χ4n) is 1.02. The second-order valence-corrected chi connectivity index (χ2v) is 4.56. The number of thioether (sulfide) groups is 1. The van der Waals surface area contributed by atoms with Crippen LogP contribution in [0.2, 0.25) is 0 Å². The summed E-state index contributed by atoms with van der Waals surface area (Å²) in [5.41, 5.74) is 0. The number of nitrogens with zero attached hydrogens (tertiary/aromatic N) is 3. The number of nitrogens with one attached hydrogen (secondary N) is 1. The van der Waals surface area contributed by atoms with Gasteiger partial charge in [-0.1, -0.05) is 0 Å². The molecule has 0 fully saturated rings. The molecular weight excluding hydrogens is 208 g/mol. The molecule has 1 rings (SSSR count). The highest BCUT2D eigenvalue weighted by molar-refractivity contribution is 7.99. The Balaban J connectivity index is 1.98. The Labute approximate surface area is 95.5 Å². The van der Waals surface area contributed by atoms with Crippen molar-refractivity contribution in [3.8, 4) is 0 Å². The predicted octanol–water partition coefficient (Wildman–Crippen LogP) is 0.720. The van der Waals surface area contributed by atoms with E-state index >= 15 is 0 Å². The van der Waals surface area contributed by atoms with Crippen LogP contribution in [-0.4, -0.2) is 54.4 Å². The highest BCUT2D eigenvalue weighted by Crippen LogP contribution is 2.11. The van der Waals surface area contributed by atoms with E-state index in [2.05, 4.69) is 34.3 Å². The van der Waals surface area contributed by atoms with Crippen molar-refractivity contribution < 1.29 is 0 Å². The van der Waals surface area contributed by atoms with E-state index in [0.29, 0.717) is 0 Å². The quantitative estimate of drug-likeness (QED) is 0.421. The maximum Gasteiger partial charge on any atom is 0.116 e. The zero-order chi connectivity index (χ0) is 10.9. The van der Waals surface area contributed by atoms with E-state index in [1.165, 1.54) is 0 Å². The summed E-state index contributed by atoms with van der Waals surface area (Å²) < 4.78 is 0. The SMILES string of the molecule is CN(C)CCNCCSc1ccncn1. The van der Waals surface area contributed by atoms with E-state index in [9.17, 15) is 0 Å². The number of hydrogen-bond donors (Lipinski definition) is 1. The standard InChI is InChI=1S/C10H18N4S/c1-14(2)7-5-11-6-8-15-10-3-4-12-9-13-10/h3-4,9,11H,5-8H2,1-2H3. The van der Waals surface area contributed by atoms with Crippen molar-refractivity contribution in [2.45, 2.75) is 5.03 Å². The van der Waals surface area contributed by atoms with Crippen LogP contribution in [-0.2, 0) is 0 Å². The van der Waals surface area contributed by atoms with Gasteiger partial charge in [0.25, 0.3) is 0 Å². The van der Waals surface area contributed by atoms with Gasteiger partial charge in [-0.05, 0) is 20.2 Å². The monoisotopic (exact) mass is 226 g/mol. The molecule has 0 bridgehead atoms. The van der Waals surface area contributed by atoms with E-state index in [0.717, 1.165) is 30.4 Å². The third-order valence-electron chi connectivity index (χ3n) is 1.82. The number of rotatable bonds is 7. The molecule has 0 spiro atoms. The number of hydrogen-bond acceptors (Lipinski definition) is 5. The van der Waals surface area contributed by atoms with Gasteiger partial charge in [-0.2, -0.15) is 0 Å². The molecule has 15 heavy (non-hydrogen) atoms. The number of aromatic nitrogens is 2. The van der Waals surface area contributed by atoms with Crippen molar-refractivity contribution in [2.75, 3.05) is 39.5 Å². The molecule has 0 saturated heterocycles. The molecule has 0 atom stereocenters. The second-order valence-electron chi connectivity index (χ2n) is 3.45. The van der Waals surface area contributed by atoms with Crippen LogP contribution >= 0.6 is 11.8 Å². The van der Waals surface area contributed by atoms with Crippen molar-refractivity contribution in [3.05, 3.63) is 18.6 Å². The van der Waals surface area contributed by atoms with Gasteiger partial charge >= 0.3 is 0 Å². The molecule has 1 N–H and O–H groups in total. The van der Waals surface area contributed by atoms with Gasteiger partial charge in [-0.15, -0.1) is 11.8 Å². The first-order valence-corrected chi connectivity index (χ1v) is 6.02. The fraction of sp³-hybridized carbons (Fsp3) is 0.600. The van der Waals surface area contributed by atoms with Gasteiger partial charge in [0.05, 0.1) is 5.03 Å².